The fourth-order valence-electron chi connectivity index (χ4n) is 0.872. The van der Waals surface area contributed by atoms with E-state index in [1.54, 1.807) is 0 Å². The molecule has 1 aliphatic rings. The van der Waals surface area contributed by atoms with E-state index in [0.717, 1.165) is 24.6 Å². The quantitative estimate of drug-likeness (QED) is 0.634. The fraction of sp³-hybridized carbons (Fsp3) is 0.667. The van der Waals surface area contributed by atoms with Gasteiger partial charge in [0.05, 0.1) is 6.04 Å². The summed E-state index contributed by atoms with van der Waals surface area (Å²) >= 11 is 0.780. The van der Waals surface area contributed by atoms with E-state index in [0.29, 0.717) is 0 Å². The van der Waals surface area contributed by atoms with Crippen molar-refractivity contribution in [2.45, 2.75) is 25.8 Å². The predicted octanol–water partition coefficient (Wildman–Crippen LogP) is 0.490. The van der Waals surface area contributed by atoms with Gasteiger partial charge in [-0.05, 0) is 6.42 Å². The molecule has 0 aliphatic carbocycles. The van der Waals surface area contributed by atoms with Gasteiger partial charge in [0.25, 0.3) is 5.24 Å². The van der Waals surface area contributed by atoms with E-state index >= 15 is 0 Å². The molecule has 0 aromatic heterocycles. The van der Waals surface area contributed by atoms with Crippen molar-refractivity contribution in [3.05, 3.63) is 0 Å². The molecule has 11 heavy (non-hydrogen) atoms. The van der Waals surface area contributed by atoms with Crippen LogP contribution in [0.15, 0.2) is 0 Å². The molecule has 0 spiro atoms. The molecule has 1 atom stereocenters. The van der Waals surface area contributed by atoms with Crippen LogP contribution in [-0.2, 0) is 4.79 Å². The van der Waals surface area contributed by atoms with Crippen molar-refractivity contribution in [2.75, 3.05) is 0 Å². The standard InChI is InChI=1S/C6H9NO2S.Na.H/c1-2-3-4-5(8)10-6(9)7-4;;/h4H,2-3H2,1H3,(H,7,9);;. The minimum absolute atomic E-state index is 0. The Hall–Kier alpha value is 0.490. The summed E-state index contributed by atoms with van der Waals surface area (Å²) in [4.78, 5) is 21.4. The van der Waals surface area contributed by atoms with E-state index in [9.17, 15) is 9.59 Å². The van der Waals surface area contributed by atoms with Crippen molar-refractivity contribution in [2.24, 2.45) is 0 Å². The van der Waals surface area contributed by atoms with Gasteiger partial charge in [-0.2, -0.15) is 0 Å². The minimum atomic E-state index is -0.220. The van der Waals surface area contributed by atoms with Gasteiger partial charge in [-0.1, -0.05) is 13.3 Å². The summed E-state index contributed by atoms with van der Waals surface area (Å²) in [6.45, 7) is 1.99. The molecule has 1 N–H and O–H groups in total. The second-order valence-electron chi connectivity index (χ2n) is 2.19. The molecule has 1 heterocycles. The molecule has 1 saturated heterocycles. The first-order chi connectivity index (χ1) is 4.74. The summed E-state index contributed by atoms with van der Waals surface area (Å²) in [6, 6.07) is -0.220. The van der Waals surface area contributed by atoms with Gasteiger partial charge < -0.3 is 5.32 Å². The first kappa shape index (κ1) is 11.5. The van der Waals surface area contributed by atoms with Crippen LogP contribution in [0.1, 0.15) is 19.8 Å². The number of hydrogen-bond acceptors (Lipinski definition) is 3. The third-order valence-corrected chi connectivity index (χ3v) is 2.14. The summed E-state index contributed by atoms with van der Waals surface area (Å²) in [5, 5.41) is 2.34. The molecular weight excluding hydrogens is 173 g/mol. The summed E-state index contributed by atoms with van der Waals surface area (Å²) in [6.07, 6.45) is 1.69. The molecule has 1 fully saturated rings. The van der Waals surface area contributed by atoms with Crippen LogP contribution in [0.3, 0.4) is 0 Å². The first-order valence-corrected chi connectivity index (χ1v) is 4.08. The molecule has 0 radical (unpaired) electrons. The summed E-state index contributed by atoms with van der Waals surface area (Å²) < 4.78 is 0. The molecule has 0 saturated carbocycles. The topological polar surface area (TPSA) is 46.2 Å². The number of amides is 1. The van der Waals surface area contributed by atoms with E-state index in [1.807, 2.05) is 6.92 Å². The molecule has 1 amide bonds. The van der Waals surface area contributed by atoms with Crippen LogP contribution in [0.2, 0.25) is 0 Å². The Morgan fingerprint density at radius 2 is 2.18 bits per heavy atom. The summed E-state index contributed by atoms with van der Waals surface area (Å²) in [7, 11) is 0. The third kappa shape index (κ3) is 3.15. The Labute approximate surface area is 92.0 Å². The molecule has 3 nitrogen and oxygen atoms in total. The van der Waals surface area contributed by atoms with Gasteiger partial charge in [0.1, 0.15) is 0 Å². The zero-order valence-corrected chi connectivity index (χ0v) is 6.53. The van der Waals surface area contributed by atoms with Gasteiger partial charge in [-0.3, -0.25) is 9.59 Å². The van der Waals surface area contributed by atoms with Crippen LogP contribution < -0.4 is 5.32 Å². The van der Waals surface area contributed by atoms with Gasteiger partial charge >= 0.3 is 29.6 Å². The van der Waals surface area contributed by atoms with Crippen molar-refractivity contribution in [3.8, 4) is 0 Å². The van der Waals surface area contributed by atoms with E-state index in [-0.39, 0.29) is 46.0 Å². The molecule has 1 unspecified atom stereocenters. The van der Waals surface area contributed by atoms with Gasteiger partial charge in [0.15, 0.2) is 0 Å². The average molecular weight is 183 g/mol. The third-order valence-electron chi connectivity index (χ3n) is 1.35. The van der Waals surface area contributed by atoms with E-state index in [4.69, 9.17) is 0 Å². The van der Waals surface area contributed by atoms with Gasteiger partial charge in [-0.15, -0.1) is 0 Å². The second-order valence-corrected chi connectivity index (χ2v) is 3.17. The van der Waals surface area contributed by atoms with Crippen molar-refractivity contribution >= 4 is 51.7 Å². The van der Waals surface area contributed by atoms with Crippen molar-refractivity contribution < 1.29 is 9.59 Å². The van der Waals surface area contributed by atoms with Crippen LogP contribution in [0, 0.1) is 0 Å². The van der Waals surface area contributed by atoms with E-state index in [1.165, 1.54) is 0 Å². The zero-order valence-electron chi connectivity index (χ0n) is 5.72. The fourth-order valence-corrected chi connectivity index (χ4v) is 1.57. The maximum absolute atomic E-state index is 10.9. The van der Waals surface area contributed by atoms with Crippen LogP contribution in [-0.4, -0.2) is 46.0 Å². The predicted molar refractivity (Wildman–Crippen MR) is 47.0 cm³/mol. The van der Waals surface area contributed by atoms with Crippen molar-refractivity contribution in [1.82, 2.24) is 5.32 Å². The zero-order chi connectivity index (χ0) is 7.56. The number of thioether (sulfide) groups is 1. The van der Waals surface area contributed by atoms with E-state index in [2.05, 4.69) is 5.32 Å². The van der Waals surface area contributed by atoms with Gasteiger partial charge in [-0.25, -0.2) is 0 Å². The maximum atomic E-state index is 10.9. The molecule has 5 heteroatoms. The van der Waals surface area contributed by atoms with Gasteiger partial charge in [0.2, 0.25) is 5.12 Å². The Bertz CT molecular complexity index is 174. The molecule has 1 rings (SSSR count). The van der Waals surface area contributed by atoms with Crippen LogP contribution in [0.5, 0.6) is 0 Å². The monoisotopic (exact) mass is 183 g/mol. The van der Waals surface area contributed by atoms with Crippen LogP contribution in [0.4, 0.5) is 4.79 Å². The molecule has 0 aromatic carbocycles. The average Bonchev–Trinajstić information content (AvgIpc) is 2.13. The van der Waals surface area contributed by atoms with Crippen molar-refractivity contribution in [1.29, 1.82) is 0 Å². The summed E-state index contributed by atoms with van der Waals surface area (Å²) in [5.41, 5.74) is 0. The molecular formula is C6H10NNaO2S. The Kier molecular flexibility index (Phi) is 5.42. The number of nitrogens with one attached hydrogen (secondary N) is 1. The SMILES string of the molecule is CCCC1NC(=O)SC1=O.[NaH]. The molecule has 0 bridgehead atoms. The van der Waals surface area contributed by atoms with E-state index < -0.39 is 0 Å². The van der Waals surface area contributed by atoms with Crippen LogP contribution >= 0.6 is 11.8 Å². The molecule has 58 valence electrons. The number of rotatable bonds is 2. The number of carbonyl (C=O) groups excluding carboxylic acids is 2. The first-order valence-electron chi connectivity index (χ1n) is 3.26. The Balaban J connectivity index is 0.000001000. The molecule has 0 aromatic rings. The Morgan fingerprint density at radius 3 is 2.55 bits per heavy atom. The van der Waals surface area contributed by atoms with Crippen LogP contribution in [0.25, 0.3) is 0 Å². The molecule has 1 aliphatic heterocycles. The van der Waals surface area contributed by atoms with Crippen molar-refractivity contribution in [3.63, 3.8) is 0 Å². The second kappa shape index (κ2) is 5.19. The number of hydrogen-bond donors (Lipinski definition) is 1. The number of carbonyl (C=O) groups is 2. The van der Waals surface area contributed by atoms with Gasteiger partial charge in [0, 0.05) is 11.8 Å². The Morgan fingerprint density at radius 1 is 1.55 bits per heavy atom. The summed E-state index contributed by atoms with van der Waals surface area (Å²) in [5.74, 6) is 0. The normalized spacial score (nSPS) is 22.8.